The highest BCUT2D eigenvalue weighted by Gasteiger charge is 2.33. The van der Waals surface area contributed by atoms with Crippen molar-refractivity contribution >= 4 is 0 Å². The predicted molar refractivity (Wildman–Crippen MR) is 76.1 cm³/mol. The van der Waals surface area contributed by atoms with Crippen LogP contribution in [0.3, 0.4) is 0 Å². The van der Waals surface area contributed by atoms with Gasteiger partial charge in [0.25, 0.3) is 0 Å². The maximum Gasteiger partial charge on any atom is 0.0141 e. The van der Waals surface area contributed by atoms with E-state index >= 15 is 0 Å². The van der Waals surface area contributed by atoms with Crippen LogP contribution in [-0.2, 0) is 0 Å². The molecular weight excluding hydrogens is 208 g/mol. The zero-order valence-electron chi connectivity index (χ0n) is 12.3. The molecule has 0 radical (unpaired) electrons. The molecule has 1 rings (SSSR count). The van der Waals surface area contributed by atoms with Gasteiger partial charge in [-0.2, -0.15) is 0 Å². The summed E-state index contributed by atoms with van der Waals surface area (Å²) >= 11 is 0. The fourth-order valence-corrected chi connectivity index (χ4v) is 3.45. The van der Waals surface area contributed by atoms with E-state index in [2.05, 4.69) is 32.6 Å². The SMILES string of the molecule is CCC1CCC(CN)C(N(CC)C(C)CC)C1. The average molecular weight is 240 g/mol. The van der Waals surface area contributed by atoms with Crippen molar-refractivity contribution in [3.8, 4) is 0 Å². The summed E-state index contributed by atoms with van der Waals surface area (Å²) in [5.74, 6) is 1.66. The second-order valence-electron chi connectivity index (χ2n) is 5.74. The first-order valence-electron chi connectivity index (χ1n) is 7.63. The molecule has 0 aromatic heterocycles. The van der Waals surface area contributed by atoms with Crippen molar-refractivity contribution in [3.63, 3.8) is 0 Å². The Morgan fingerprint density at radius 2 is 1.94 bits per heavy atom. The number of rotatable bonds is 6. The topological polar surface area (TPSA) is 29.3 Å². The highest BCUT2D eigenvalue weighted by Crippen LogP contribution is 2.34. The van der Waals surface area contributed by atoms with Gasteiger partial charge in [-0.25, -0.2) is 0 Å². The molecule has 17 heavy (non-hydrogen) atoms. The minimum atomic E-state index is 0.703. The first-order valence-corrected chi connectivity index (χ1v) is 7.63. The van der Waals surface area contributed by atoms with Gasteiger partial charge in [0.1, 0.15) is 0 Å². The van der Waals surface area contributed by atoms with E-state index in [1.165, 1.54) is 38.6 Å². The van der Waals surface area contributed by atoms with Crippen LogP contribution in [0.4, 0.5) is 0 Å². The Morgan fingerprint density at radius 1 is 1.24 bits per heavy atom. The Kier molecular flexibility index (Phi) is 6.50. The Morgan fingerprint density at radius 3 is 2.41 bits per heavy atom. The molecule has 0 heterocycles. The van der Waals surface area contributed by atoms with Crippen LogP contribution in [0.15, 0.2) is 0 Å². The molecule has 4 atom stereocenters. The van der Waals surface area contributed by atoms with Gasteiger partial charge in [-0.1, -0.05) is 33.6 Å². The Hall–Kier alpha value is -0.0800. The van der Waals surface area contributed by atoms with Gasteiger partial charge in [-0.15, -0.1) is 0 Å². The molecule has 0 bridgehead atoms. The summed E-state index contributed by atoms with van der Waals surface area (Å²) in [5.41, 5.74) is 5.99. The van der Waals surface area contributed by atoms with E-state index in [0.717, 1.165) is 24.4 Å². The molecule has 0 saturated heterocycles. The van der Waals surface area contributed by atoms with Crippen molar-refractivity contribution in [2.24, 2.45) is 17.6 Å². The van der Waals surface area contributed by atoms with Crippen LogP contribution < -0.4 is 5.73 Å². The molecule has 0 aromatic carbocycles. The zero-order chi connectivity index (χ0) is 12.8. The monoisotopic (exact) mass is 240 g/mol. The second kappa shape index (κ2) is 7.38. The molecular formula is C15H32N2. The normalized spacial score (nSPS) is 31.8. The van der Waals surface area contributed by atoms with Crippen molar-refractivity contribution in [2.75, 3.05) is 13.1 Å². The quantitative estimate of drug-likeness (QED) is 0.772. The summed E-state index contributed by atoms with van der Waals surface area (Å²) < 4.78 is 0. The van der Waals surface area contributed by atoms with E-state index in [-0.39, 0.29) is 0 Å². The maximum atomic E-state index is 5.99. The van der Waals surface area contributed by atoms with E-state index < -0.39 is 0 Å². The van der Waals surface area contributed by atoms with Gasteiger partial charge < -0.3 is 5.73 Å². The highest BCUT2D eigenvalue weighted by atomic mass is 15.2. The molecule has 0 amide bonds. The molecule has 102 valence electrons. The van der Waals surface area contributed by atoms with Gasteiger partial charge in [0.05, 0.1) is 0 Å². The first kappa shape index (κ1) is 15.0. The number of nitrogens with zero attached hydrogens (tertiary/aromatic N) is 1. The minimum absolute atomic E-state index is 0.703. The highest BCUT2D eigenvalue weighted by molar-refractivity contribution is 4.88. The van der Waals surface area contributed by atoms with Gasteiger partial charge in [0.2, 0.25) is 0 Å². The minimum Gasteiger partial charge on any atom is -0.330 e. The summed E-state index contributed by atoms with van der Waals surface area (Å²) in [7, 11) is 0. The number of hydrogen-bond acceptors (Lipinski definition) is 2. The van der Waals surface area contributed by atoms with Crippen molar-refractivity contribution in [1.82, 2.24) is 4.90 Å². The van der Waals surface area contributed by atoms with E-state index in [1.54, 1.807) is 0 Å². The van der Waals surface area contributed by atoms with Gasteiger partial charge in [0, 0.05) is 12.1 Å². The Balaban J connectivity index is 2.72. The van der Waals surface area contributed by atoms with E-state index in [0.29, 0.717) is 6.04 Å². The van der Waals surface area contributed by atoms with Gasteiger partial charge >= 0.3 is 0 Å². The lowest BCUT2D eigenvalue weighted by molar-refractivity contribution is 0.0542. The van der Waals surface area contributed by atoms with Crippen LogP contribution in [-0.4, -0.2) is 30.1 Å². The number of nitrogens with two attached hydrogens (primary N) is 1. The predicted octanol–water partition coefficient (Wildman–Crippen LogP) is 3.26. The summed E-state index contributed by atoms with van der Waals surface area (Å²) in [6.45, 7) is 11.3. The summed E-state index contributed by atoms with van der Waals surface area (Å²) in [4.78, 5) is 2.71. The summed E-state index contributed by atoms with van der Waals surface area (Å²) in [6.07, 6.45) is 6.69. The van der Waals surface area contributed by atoms with Crippen LogP contribution in [0.1, 0.15) is 59.8 Å². The molecule has 0 aliphatic heterocycles. The van der Waals surface area contributed by atoms with Gasteiger partial charge in [0.15, 0.2) is 0 Å². The Bertz CT molecular complexity index is 205. The fraction of sp³-hybridized carbons (Fsp3) is 1.00. The van der Waals surface area contributed by atoms with Crippen LogP contribution in [0.25, 0.3) is 0 Å². The summed E-state index contributed by atoms with van der Waals surface area (Å²) in [6, 6.07) is 1.44. The molecule has 2 N–H and O–H groups in total. The molecule has 2 nitrogen and oxygen atoms in total. The largest absolute Gasteiger partial charge is 0.330 e. The van der Waals surface area contributed by atoms with Crippen molar-refractivity contribution < 1.29 is 0 Å². The molecule has 1 aliphatic carbocycles. The standard InChI is InChI=1S/C15H32N2/c1-5-12(4)17(7-3)15-10-13(6-2)8-9-14(15)11-16/h12-15H,5-11,16H2,1-4H3. The molecule has 0 aromatic rings. The Labute approximate surface area is 108 Å². The molecule has 1 fully saturated rings. The lowest BCUT2D eigenvalue weighted by atomic mass is 9.76. The zero-order valence-corrected chi connectivity index (χ0v) is 12.3. The van der Waals surface area contributed by atoms with Crippen LogP contribution in [0, 0.1) is 11.8 Å². The molecule has 0 spiro atoms. The van der Waals surface area contributed by atoms with E-state index in [1.807, 2.05) is 0 Å². The average Bonchev–Trinajstić information content (AvgIpc) is 2.39. The lowest BCUT2D eigenvalue weighted by Crippen LogP contribution is -2.50. The third kappa shape index (κ3) is 3.69. The van der Waals surface area contributed by atoms with Crippen molar-refractivity contribution in [2.45, 2.75) is 71.9 Å². The maximum absolute atomic E-state index is 5.99. The third-order valence-electron chi connectivity index (χ3n) is 4.89. The smallest absolute Gasteiger partial charge is 0.0141 e. The third-order valence-corrected chi connectivity index (χ3v) is 4.89. The fourth-order valence-electron chi connectivity index (χ4n) is 3.45. The van der Waals surface area contributed by atoms with Crippen molar-refractivity contribution in [1.29, 1.82) is 0 Å². The molecule has 2 heteroatoms. The molecule has 1 saturated carbocycles. The van der Waals surface area contributed by atoms with Crippen LogP contribution in [0.5, 0.6) is 0 Å². The molecule has 1 aliphatic rings. The van der Waals surface area contributed by atoms with Crippen molar-refractivity contribution in [3.05, 3.63) is 0 Å². The van der Waals surface area contributed by atoms with Gasteiger partial charge in [-0.05, 0) is 51.1 Å². The first-order chi connectivity index (χ1) is 8.17. The lowest BCUT2D eigenvalue weighted by Gasteiger charge is -2.44. The molecule has 4 unspecified atom stereocenters. The number of hydrogen-bond donors (Lipinski definition) is 1. The summed E-state index contributed by atoms with van der Waals surface area (Å²) in [5, 5.41) is 0. The van der Waals surface area contributed by atoms with E-state index in [9.17, 15) is 0 Å². The van der Waals surface area contributed by atoms with E-state index in [4.69, 9.17) is 5.73 Å². The second-order valence-corrected chi connectivity index (χ2v) is 5.74. The van der Waals surface area contributed by atoms with Crippen LogP contribution >= 0.6 is 0 Å². The van der Waals surface area contributed by atoms with Gasteiger partial charge in [-0.3, -0.25) is 4.90 Å². The van der Waals surface area contributed by atoms with Crippen LogP contribution in [0.2, 0.25) is 0 Å².